The summed E-state index contributed by atoms with van der Waals surface area (Å²) in [7, 11) is 1.54. The number of aromatic amines is 1. The number of aromatic nitrogens is 1. The average Bonchev–Trinajstić information content (AvgIpc) is 3.72. The molecular weight excluding hydrogens is 533 g/mol. The number of benzene rings is 3. The molecule has 1 saturated carbocycles. The number of alkyl halides is 3. The van der Waals surface area contributed by atoms with E-state index in [2.05, 4.69) is 10.3 Å². The van der Waals surface area contributed by atoms with Gasteiger partial charge in [-0.1, -0.05) is 36.4 Å². The molecule has 5 rings (SSSR count). The highest BCUT2D eigenvalue weighted by molar-refractivity contribution is 5.93. The van der Waals surface area contributed by atoms with Crippen molar-refractivity contribution in [3.8, 4) is 5.75 Å². The molecule has 214 valence electrons. The van der Waals surface area contributed by atoms with Crippen molar-refractivity contribution in [3.05, 3.63) is 95.7 Å². The Hall–Kier alpha value is -4.47. The van der Waals surface area contributed by atoms with Crippen LogP contribution >= 0.6 is 0 Å². The van der Waals surface area contributed by atoms with Crippen LogP contribution in [-0.2, 0) is 23.9 Å². The van der Waals surface area contributed by atoms with Gasteiger partial charge in [0.2, 0.25) is 5.91 Å². The monoisotopic (exact) mass is 564 g/mol. The average molecular weight is 565 g/mol. The van der Waals surface area contributed by atoms with Gasteiger partial charge in [0.1, 0.15) is 12.3 Å². The van der Waals surface area contributed by atoms with Gasteiger partial charge in [-0.3, -0.25) is 4.79 Å². The van der Waals surface area contributed by atoms with Crippen LogP contribution in [0.1, 0.15) is 29.5 Å². The maximum absolute atomic E-state index is 13.7. The van der Waals surface area contributed by atoms with E-state index in [1.165, 1.54) is 24.1 Å². The number of nitrogens with zero attached hydrogens (tertiary/aromatic N) is 2. The fraction of sp³-hybridized carbons (Fsp3) is 0.290. The molecule has 1 aromatic heterocycles. The van der Waals surface area contributed by atoms with Crippen LogP contribution < -0.4 is 10.1 Å². The third-order valence-electron chi connectivity index (χ3n) is 7.21. The molecule has 1 aliphatic carbocycles. The molecule has 0 saturated heterocycles. The van der Waals surface area contributed by atoms with Crippen LogP contribution in [0.5, 0.6) is 5.75 Å². The van der Waals surface area contributed by atoms with E-state index >= 15 is 0 Å². The van der Waals surface area contributed by atoms with E-state index in [0.29, 0.717) is 30.0 Å². The fourth-order valence-electron chi connectivity index (χ4n) is 4.80. The smallest absolute Gasteiger partial charge is 0.416 e. The molecule has 7 nitrogen and oxygen atoms in total. The molecular formula is C31H31F3N4O3. The number of carbonyl (C=O) groups excluding carboxylic acids is 2. The zero-order valence-electron chi connectivity index (χ0n) is 22.6. The Morgan fingerprint density at radius 1 is 1.02 bits per heavy atom. The molecule has 0 atom stereocenters. The molecule has 0 bridgehead atoms. The second-order valence-corrected chi connectivity index (χ2v) is 10.1. The molecule has 1 heterocycles. The lowest BCUT2D eigenvalue weighted by atomic mass is 10.1. The number of para-hydroxylation sites is 1. The van der Waals surface area contributed by atoms with E-state index in [4.69, 9.17) is 4.74 Å². The van der Waals surface area contributed by atoms with Crippen molar-refractivity contribution in [2.75, 3.05) is 25.5 Å². The first-order valence-electron chi connectivity index (χ1n) is 13.4. The Morgan fingerprint density at radius 3 is 2.49 bits per heavy atom. The third kappa shape index (κ3) is 7.00. The molecule has 0 spiro atoms. The first-order valence-corrected chi connectivity index (χ1v) is 13.4. The van der Waals surface area contributed by atoms with Crippen LogP contribution in [0.25, 0.3) is 10.9 Å². The van der Waals surface area contributed by atoms with Crippen molar-refractivity contribution < 1.29 is 27.5 Å². The SMILES string of the molecule is COc1cccc(NC(=O)N(CC(=O)N(CCc2c[nH]c3ccccc23)Cc2ccc(C(F)(F)F)cc2)C2CC2)c1. The number of hydrogen-bond donors (Lipinski definition) is 2. The minimum atomic E-state index is -4.44. The second kappa shape index (κ2) is 12.0. The van der Waals surface area contributed by atoms with Gasteiger partial charge in [0, 0.05) is 48.0 Å². The van der Waals surface area contributed by atoms with Gasteiger partial charge in [0.25, 0.3) is 0 Å². The van der Waals surface area contributed by atoms with Gasteiger partial charge < -0.3 is 24.8 Å². The Morgan fingerprint density at radius 2 is 1.78 bits per heavy atom. The zero-order valence-corrected chi connectivity index (χ0v) is 22.6. The highest BCUT2D eigenvalue weighted by atomic mass is 19.4. The van der Waals surface area contributed by atoms with Gasteiger partial charge in [0.15, 0.2) is 0 Å². The lowest BCUT2D eigenvalue weighted by Crippen LogP contribution is -2.45. The number of anilines is 1. The number of carbonyl (C=O) groups is 2. The van der Waals surface area contributed by atoms with Gasteiger partial charge in [0.05, 0.1) is 12.7 Å². The standard InChI is InChI=1S/C31H31F3N4O3/c1-41-26-6-4-5-24(17-26)36-30(40)38(25-13-14-25)20-29(39)37(19-21-9-11-23(12-10-21)31(32,33)34)16-15-22-18-35-28-8-3-2-7-27(22)28/h2-12,17-18,25,35H,13-16,19-20H2,1H3,(H,36,40). The van der Waals surface area contributed by atoms with Crippen molar-refractivity contribution in [3.63, 3.8) is 0 Å². The summed E-state index contributed by atoms with van der Waals surface area (Å²) in [4.78, 5) is 33.3. The Bertz CT molecular complexity index is 1510. The van der Waals surface area contributed by atoms with Gasteiger partial charge in [-0.15, -0.1) is 0 Å². The molecule has 1 fully saturated rings. The minimum absolute atomic E-state index is 0.0499. The van der Waals surface area contributed by atoms with E-state index in [0.717, 1.165) is 41.4 Å². The van der Waals surface area contributed by atoms with E-state index in [-0.39, 0.29) is 31.1 Å². The predicted octanol–water partition coefficient (Wildman–Crippen LogP) is 6.46. The molecule has 3 aromatic carbocycles. The summed E-state index contributed by atoms with van der Waals surface area (Å²) in [5.41, 5.74) is 2.39. The van der Waals surface area contributed by atoms with Gasteiger partial charge in [-0.05, 0) is 60.7 Å². The van der Waals surface area contributed by atoms with Crippen molar-refractivity contribution in [1.82, 2.24) is 14.8 Å². The van der Waals surface area contributed by atoms with Crippen LogP contribution in [0, 0.1) is 0 Å². The summed E-state index contributed by atoms with van der Waals surface area (Å²) in [6.45, 7) is 0.308. The summed E-state index contributed by atoms with van der Waals surface area (Å²) in [6, 6.07) is 19.2. The fourth-order valence-corrected chi connectivity index (χ4v) is 4.80. The normalized spacial score (nSPS) is 13.2. The molecule has 2 N–H and O–H groups in total. The summed E-state index contributed by atoms with van der Waals surface area (Å²) in [6.07, 6.45) is -0.399. The molecule has 4 aromatic rings. The quantitative estimate of drug-likeness (QED) is 0.232. The number of rotatable bonds is 10. The second-order valence-electron chi connectivity index (χ2n) is 10.1. The Balaban J connectivity index is 1.33. The number of methoxy groups -OCH3 is 1. The highest BCUT2D eigenvalue weighted by Gasteiger charge is 2.35. The molecule has 10 heteroatoms. The number of amides is 3. The molecule has 0 unspecified atom stereocenters. The lowest BCUT2D eigenvalue weighted by Gasteiger charge is -2.28. The number of nitrogens with one attached hydrogen (secondary N) is 2. The van der Waals surface area contributed by atoms with Crippen molar-refractivity contribution in [1.29, 1.82) is 0 Å². The topological polar surface area (TPSA) is 77.7 Å². The molecule has 0 radical (unpaired) electrons. The van der Waals surface area contributed by atoms with Crippen molar-refractivity contribution in [2.45, 2.75) is 38.0 Å². The summed E-state index contributed by atoms with van der Waals surface area (Å²) in [5, 5.41) is 3.90. The van der Waals surface area contributed by atoms with Crippen LogP contribution in [0.3, 0.4) is 0 Å². The number of halogens is 3. The maximum Gasteiger partial charge on any atom is 0.416 e. The first kappa shape index (κ1) is 28.1. The minimum Gasteiger partial charge on any atom is -0.497 e. The number of fused-ring (bicyclic) bond motifs is 1. The van der Waals surface area contributed by atoms with Gasteiger partial charge >= 0.3 is 12.2 Å². The maximum atomic E-state index is 13.7. The van der Waals surface area contributed by atoms with Gasteiger partial charge in [-0.2, -0.15) is 13.2 Å². The van der Waals surface area contributed by atoms with E-state index in [1.54, 1.807) is 29.2 Å². The van der Waals surface area contributed by atoms with Crippen LogP contribution in [-0.4, -0.2) is 53.0 Å². The largest absolute Gasteiger partial charge is 0.497 e. The van der Waals surface area contributed by atoms with E-state index in [9.17, 15) is 22.8 Å². The van der Waals surface area contributed by atoms with Crippen LogP contribution in [0.2, 0.25) is 0 Å². The van der Waals surface area contributed by atoms with Crippen molar-refractivity contribution >= 4 is 28.5 Å². The molecule has 0 aliphatic heterocycles. The highest BCUT2D eigenvalue weighted by Crippen LogP contribution is 2.30. The number of urea groups is 1. The summed E-state index contributed by atoms with van der Waals surface area (Å²) >= 11 is 0. The zero-order chi connectivity index (χ0) is 29.0. The molecule has 41 heavy (non-hydrogen) atoms. The Kier molecular flexibility index (Phi) is 8.19. The number of H-pyrrole nitrogens is 1. The summed E-state index contributed by atoms with van der Waals surface area (Å²) in [5.74, 6) is 0.314. The van der Waals surface area contributed by atoms with E-state index < -0.39 is 11.7 Å². The lowest BCUT2D eigenvalue weighted by molar-refractivity contribution is -0.137. The van der Waals surface area contributed by atoms with Gasteiger partial charge in [-0.25, -0.2) is 4.79 Å². The molecule has 1 aliphatic rings. The third-order valence-corrected chi connectivity index (χ3v) is 7.21. The predicted molar refractivity (Wildman–Crippen MR) is 151 cm³/mol. The van der Waals surface area contributed by atoms with E-state index in [1.807, 2.05) is 30.5 Å². The Labute approximate surface area is 235 Å². The number of hydrogen-bond acceptors (Lipinski definition) is 3. The number of ether oxygens (including phenoxy) is 1. The van der Waals surface area contributed by atoms with Crippen molar-refractivity contribution in [2.24, 2.45) is 0 Å². The molecule has 3 amide bonds. The van der Waals surface area contributed by atoms with Crippen LogP contribution in [0.15, 0.2) is 79.0 Å². The first-order chi connectivity index (χ1) is 19.7. The van der Waals surface area contributed by atoms with Crippen LogP contribution in [0.4, 0.5) is 23.7 Å². The summed E-state index contributed by atoms with van der Waals surface area (Å²) < 4.78 is 44.5.